The number of aliphatic carboxylic acids is 1. The number of allylic oxidation sites excluding steroid dienone is 2. The molecule has 2 rings (SSSR count). The number of nitrogens with zero attached hydrogens (tertiary/aromatic N) is 1. The first-order valence-electron chi connectivity index (χ1n) is 8.07. The lowest BCUT2D eigenvalue weighted by atomic mass is 10.1. The van der Waals surface area contributed by atoms with Crippen LogP contribution in [0, 0.1) is 6.92 Å². The normalized spacial score (nSPS) is 11.8. The van der Waals surface area contributed by atoms with Crippen LogP contribution < -0.4 is 4.74 Å². The van der Waals surface area contributed by atoms with Crippen molar-refractivity contribution in [2.45, 2.75) is 40.0 Å². The van der Waals surface area contributed by atoms with E-state index >= 15 is 0 Å². The number of fused-ring (bicyclic) bond motifs is 1. The van der Waals surface area contributed by atoms with E-state index in [1.807, 2.05) is 26.0 Å². The quantitative estimate of drug-likeness (QED) is 0.814. The minimum Gasteiger partial charge on any atom is -0.497 e. The zero-order chi connectivity index (χ0) is 17.9. The van der Waals surface area contributed by atoms with Gasteiger partial charge in [0.05, 0.1) is 19.0 Å². The lowest BCUT2D eigenvalue weighted by Gasteiger charge is -2.09. The van der Waals surface area contributed by atoms with Crippen LogP contribution in [0.4, 0.5) is 0 Å². The summed E-state index contributed by atoms with van der Waals surface area (Å²) in [4.78, 5) is 24.2. The molecule has 0 aliphatic carbocycles. The summed E-state index contributed by atoms with van der Waals surface area (Å²) < 4.78 is 6.87. The van der Waals surface area contributed by atoms with Crippen LogP contribution in [0.2, 0.25) is 0 Å². The number of hydrogen-bond donors (Lipinski definition) is 1. The molecule has 0 saturated carbocycles. The fourth-order valence-electron chi connectivity index (χ4n) is 3.00. The van der Waals surface area contributed by atoms with Crippen LogP contribution >= 0.6 is 0 Å². The molecule has 1 aromatic heterocycles. The van der Waals surface area contributed by atoms with Gasteiger partial charge in [-0.25, -0.2) is 0 Å². The summed E-state index contributed by atoms with van der Waals surface area (Å²) in [5.41, 5.74) is 2.76. The van der Waals surface area contributed by atoms with Crippen molar-refractivity contribution in [3.05, 3.63) is 41.1 Å². The van der Waals surface area contributed by atoms with Gasteiger partial charge in [0.1, 0.15) is 5.75 Å². The smallest absolute Gasteiger partial charge is 0.307 e. The summed E-state index contributed by atoms with van der Waals surface area (Å²) in [5.74, 6) is -0.380. The third-order valence-corrected chi connectivity index (χ3v) is 4.18. The van der Waals surface area contributed by atoms with Crippen LogP contribution in [0.15, 0.2) is 29.8 Å². The molecule has 5 heteroatoms. The van der Waals surface area contributed by atoms with Gasteiger partial charge in [-0.15, -0.1) is 0 Å². The summed E-state index contributed by atoms with van der Waals surface area (Å²) in [6.07, 6.45) is 3.21. The number of carboxylic acids is 1. The van der Waals surface area contributed by atoms with E-state index in [9.17, 15) is 14.7 Å². The zero-order valence-corrected chi connectivity index (χ0v) is 14.5. The summed E-state index contributed by atoms with van der Waals surface area (Å²) >= 11 is 0. The van der Waals surface area contributed by atoms with Gasteiger partial charge in [-0.2, -0.15) is 0 Å². The molecular formula is C19H23NO4. The molecule has 2 aromatic rings. The van der Waals surface area contributed by atoms with Crippen LogP contribution in [0.3, 0.4) is 0 Å². The van der Waals surface area contributed by atoms with Crippen molar-refractivity contribution in [2.24, 2.45) is 0 Å². The molecule has 0 aliphatic heterocycles. The molecule has 24 heavy (non-hydrogen) atoms. The molecule has 1 heterocycles. The highest BCUT2D eigenvalue weighted by Gasteiger charge is 2.22. The molecule has 0 atom stereocenters. The lowest BCUT2D eigenvalue weighted by Crippen LogP contribution is -2.15. The van der Waals surface area contributed by atoms with E-state index in [2.05, 4.69) is 0 Å². The van der Waals surface area contributed by atoms with E-state index in [0.29, 0.717) is 28.9 Å². The van der Waals surface area contributed by atoms with Crippen molar-refractivity contribution in [3.8, 4) is 5.75 Å². The predicted octanol–water partition coefficient (Wildman–Crippen LogP) is 3.97. The Morgan fingerprint density at radius 1 is 1.29 bits per heavy atom. The number of hydrogen-bond acceptors (Lipinski definition) is 3. The number of carbonyl (C=O) groups is 2. The van der Waals surface area contributed by atoms with Gasteiger partial charge in [0.25, 0.3) is 5.91 Å². The van der Waals surface area contributed by atoms with E-state index in [0.717, 1.165) is 17.4 Å². The Labute approximate surface area is 141 Å². The van der Waals surface area contributed by atoms with E-state index in [-0.39, 0.29) is 12.3 Å². The predicted molar refractivity (Wildman–Crippen MR) is 93.9 cm³/mol. The summed E-state index contributed by atoms with van der Waals surface area (Å²) in [5, 5.41) is 9.97. The number of benzene rings is 1. The lowest BCUT2D eigenvalue weighted by molar-refractivity contribution is -0.136. The Morgan fingerprint density at radius 2 is 2.00 bits per heavy atom. The highest BCUT2D eigenvalue weighted by atomic mass is 16.5. The second-order valence-corrected chi connectivity index (χ2v) is 5.65. The van der Waals surface area contributed by atoms with Gasteiger partial charge in [-0.1, -0.05) is 19.9 Å². The van der Waals surface area contributed by atoms with Crippen LogP contribution in [0.5, 0.6) is 5.75 Å². The number of aromatic nitrogens is 1. The van der Waals surface area contributed by atoms with Crippen LogP contribution in [0.25, 0.3) is 10.9 Å². The molecule has 1 aromatic carbocycles. The Balaban J connectivity index is 2.74. The fourth-order valence-corrected chi connectivity index (χ4v) is 3.00. The number of carboxylic acid groups (broad SMARTS) is 1. The van der Waals surface area contributed by atoms with E-state index in [1.54, 1.807) is 30.7 Å². The van der Waals surface area contributed by atoms with Crippen LogP contribution in [0.1, 0.15) is 42.7 Å². The molecule has 0 unspecified atom stereocenters. The third-order valence-electron chi connectivity index (χ3n) is 4.18. The first-order chi connectivity index (χ1) is 11.4. The number of carbonyl (C=O) groups excluding carboxylic acids is 1. The maximum Gasteiger partial charge on any atom is 0.307 e. The van der Waals surface area contributed by atoms with Gasteiger partial charge in [-0.3, -0.25) is 14.2 Å². The average molecular weight is 329 g/mol. The van der Waals surface area contributed by atoms with Crippen LogP contribution in [-0.2, 0) is 11.2 Å². The Morgan fingerprint density at radius 3 is 2.54 bits per heavy atom. The van der Waals surface area contributed by atoms with Crippen molar-refractivity contribution in [1.29, 1.82) is 0 Å². The fraction of sp³-hybridized carbons (Fsp3) is 0.368. The summed E-state index contributed by atoms with van der Waals surface area (Å²) in [7, 11) is 1.56. The Kier molecular flexibility index (Phi) is 5.44. The molecule has 0 bridgehead atoms. The van der Waals surface area contributed by atoms with E-state index in [1.165, 1.54) is 0 Å². The SMILES string of the molecule is CC/C=C(\CC)C(=O)n1c(C)c(CC(=O)O)c2cc(OC)ccc21. The maximum absolute atomic E-state index is 13.0. The third kappa shape index (κ3) is 3.20. The minimum atomic E-state index is -0.924. The van der Waals surface area contributed by atoms with Gasteiger partial charge in [0, 0.05) is 16.7 Å². The largest absolute Gasteiger partial charge is 0.497 e. The molecule has 0 amide bonds. The second-order valence-electron chi connectivity index (χ2n) is 5.65. The van der Waals surface area contributed by atoms with Crippen molar-refractivity contribution < 1.29 is 19.4 Å². The molecular weight excluding hydrogens is 306 g/mol. The molecule has 0 fully saturated rings. The highest BCUT2D eigenvalue weighted by molar-refractivity contribution is 6.04. The second kappa shape index (κ2) is 7.34. The van der Waals surface area contributed by atoms with Gasteiger partial charge in [0.2, 0.25) is 0 Å². The molecule has 1 N–H and O–H groups in total. The number of rotatable bonds is 6. The molecule has 0 spiro atoms. The van der Waals surface area contributed by atoms with Crippen molar-refractivity contribution in [1.82, 2.24) is 4.57 Å². The standard InChI is InChI=1S/C19H23NO4/c1-5-7-13(6-2)19(23)20-12(3)15(11-18(21)22)16-10-14(24-4)8-9-17(16)20/h7-10H,5-6,11H2,1-4H3,(H,21,22)/b13-7+. The van der Waals surface area contributed by atoms with Gasteiger partial charge >= 0.3 is 5.97 Å². The molecule has 0 aliphatic rings. The van der Waals surface area contributed by atoms with Gasteiger partial charge < -0.3 is 9.84 Å². The summed E-state index contributed by atoms with van der Waals surface area (Å²) in [6, 6.07) is 5.38. The summed E-state index contributed by atoms with van der Waals surface area (Å²) in [6.45, 7) is 5.73. The zero-order valence-electron chi connectivity index (χ0n) is 14.5. The number of ether oxygens (including phenoxy) is 1. The number of methoxy groups -OCH3 is 1. The molecule has 5 nitrogen and oxygen atoms in total. The Hall–Kier alpha value is -2.56. The molecule has 0 saturated heterocycles. The average Bonchev–Trinajstić information content (AvgIpc) is 2.83. The topological polar surface area (TPSA) is 68.5 Å². The molecule has 0 radical (unpaired) electrons. The Bertz CT molecular complexity index is 814. The van der Waals surface area contributed by atoms with Gasteiger partial charge in [0.15, 0.2) is 0 Å². The van der Waals surface area contributed by atoms with Crippen molar-refractivity contribution in [2.75, 3.05) is 7.11 Å². The van der Waals surface area contributed by atoms with Crippen molar-refractivity contribution >= 4 is 22.8 Å². The van der Waals surface area contributed by atoms with Gasteiger partial charge in [-0.05, 0) is 43.5 Å². The minimum absolute atomic E-state index is 0.0938. The first-order valence-corrected chi connectivity index (χ1v) is 8.07. The van der Waals surface area contributed by atoms with Crippen LogP contribution in [-0.4, -0.2) is 28.7 Å². The highest BCUT2D eigenvalue weighted by Crippen LogP contribution is 2.31. The van der Waals surface area contributed by atoms with E-state index < -0.39 is 5.97 Å². The monoisotopic (exact) mass is 329 g/mol. The molecule has 128 valence electrons. The first kappa shape index (κ1) is 17.8. The maximum atomic E-state index is 13.0. The van der Waals surface area contributed by atoms with E-state index in [4.69, 9.17) is 4.74 Å². The van der Waals surface area contributed by atoms with Crippen molar-refractivity contribution in [3.63, 3.8) is 0 Å².